The maximum atomic E-state index is 10.0. The van der Waals surface area contributed by atoms with Gasteiger partial charge < -0.3 is 22.3 Å². The number of aliphatic carboxylic acids is 1. The monoisotopic (exact) mass is 216 g/mol. The molecule has 0 N–H and O–H groups in total. The van der Waals surface area contributed by atoms with Gasteiger partial charge in [0, 0.05) is 5.97 Å². The van der Waals surface area contributed by atoms with E-state index in [9.17, 15) is 9.90 Å². The summed E-state index contributed by atoms with van der Waals surface area (Å²) in [5.74, 6) is -1.16. The summed E-state index contributed by atoms with van der Waals surface area (Å²) in [6, 6.07) is 8.78. The minimum absolute atomic E-state index is 0. The van der Waals surface area contributed by atoms with Gasteiger partial charge in [0.2, 0.25) is 0 Å². The van der Waals surface area contributed by atoms with Crippen LogP contribution in [0.1, 0.15) is 5.56 Å². The van der Waals surface area contributed by atoms with Gasteiger partial charge in [0.25, 0.3) is 0 Å². The standard InChI is InChI=1S/C8H7O2.ClH.Mg.Na/c9-8(10)6-7-4-2-1-3-5-7;;;/h1-6H,(H,9,10);1H;;/q-1;;+2;+1/p-2. The van der Waals surface area contributed by atoms with Crippen LogP contribution in [0.25, 0.3) is 0 Å². The summed E-state index contributed by atoms with van der Waals surface area (Å²) < 4.78 is 0. The Morgan fingerprint density at radius 3 is 2.08 bits per heavy atom. The fourth-order valence-electron chi connectivity index (χ4n) is 0.685. The van der Waals surface area contributed by atoms with Gasteiger partial charge in [-0.1, -0.05) is 6.07 Å². The topological polar surface area (TPSA) is 40.1 Å². The molecule has 0 aromatic heterocycles. The maximum absolute atomic E-state index is 10.0. The van der Waals surface area contributed by atoms with E-state index in [2.05, 4.69) is 0 Å². The van der Waals surface area contributed by atoms with Crippen LogP contribution in [-0.4, -0.2) is 29.0 Å². The van der Waals surface area contributed by atoms with E-state index in [4.69, 9.17) is 0 Å². The second kappa shape index (κ2) is 10.7. The van der Waals surface area contributed by atoms with E-state index < -0.39 is 5.97 Å². The van der Waals surface area contributed by atoms with Crippen LogP contribution in [-0.2, 0) is 4.79 Å². The van der Waals surface area contributed by atoms with Crippen LogP contribution in [0.15, 0.2) is 30.3 Å². The Kier molecular flexibility index (Phi) is 15.8. The molecule has 1 rings (SSSR count). The number of halogens is 1. The predicted octanol–water partition coefficient (Wildman–Crippen LogP) is -6.38. The van der Waals surface area contributed by atoms with E-state index in [-0.39, 0.29) is 65.0 Å². The van der Waals surface area contributed by atoms with E-state index in [0.717, 1.165) is 6.42 Å². The van der Waals surface area contributed by atoms with Crippen molar-refractivity contribution in [1.82, 2.24) is 0 Å². The van der Waals surface area contributed by atoms with Gasteiger partial charge in [0.1, 0.15) is 0 Å². The van der Waals surface area contributed by atoms with Crippen molar-refractivity contribution in [2.24, 2.45) is 0 Å². The van der Waals surface area contributed by atoms with Gasteiger partial charge >= 0.3 is 52.6 Å². The molecular weight excluding hydrogens is 211 g/mol. The molecule has 0 spiro atoms. The molecule has 5 heteroatoms. The molecule has 0 unspecified atom stereocenters. The molecule has 0 aliphatic rings. The van der Waals surface area contributed by atoms with Crippen molar-refractivity contribution in [2.75, 3.05) is 0 Å². The zero-order valence-corrected chi connectivity index (χ0v) is 11.5. The molecule has 1 aromatic rings. The summed E-state index contributed by atoms with van der Waals surface area (Å²) in [6.07, 6.45) is 1.06. The number of carboxylic acid groups (broad SMARTS) is 1. The third-order valence-corrected chi connectivity index (χ3v) is 1.08. The number of carbonyl (C=O) groups excluding carboxylic acids is 1. The van der Waals surface area contributed by atoms with Crippen molar-refractivity contribution in [1.29, 1.82) is 0 Å². The molecular formula is C8H6ClMgNaO2. The van der Waals surface area contributed by atoms with Crippen molar-refractivity contribution in [3.05, 3.63) is 42.3 Å². The third-order valence-electron chi connectivity index (χ3n) is 1.08. The molecule has 0 aliphatic carbocycles. The van der Waals surface area contributed by atoms with E-state index >= 15 is 0 Å². The van der Waals surface area contributed by atoms with Crippen molar-refractivity contribution in [2.45, 2.75) is 0 Å². The molecule has 0 bridgehead atoms. The maximum Gasteiger partial charge on any atom is 2.00 e. The molecule has 1 aromatic carbocycles. The Bertz CT molecular complexity index is 231. The van der Waals surface area contributed by atoms with E-state index in [1.165, 1.54) is 0 Å². The summed E-state index contributed by atoms with van der Waals surface area (Å²) in [5.41, 5.74) is 0.655. The normalized spacial score (nSPS) is 6.77. The van der Waals surface area contributed by atoms with Gasteiger partial charge in [-0.15, -0.1) is 18.6 Å². The Labute approximate surface area is 122 Å². The number of benzene rings is 1. The minimum Gasteiger partial charge on any atom is -1.00 e. The van der Waals surface area contributed by atoms with Gasteiger partial charge in [0.15, 0.2) is 0 Å². The Hall–Kier alpha value is 0.616. The minimum atomic E-state index is -1.16. The molecule has 0 saturated carbocycles. The smallest absolute Gasteiger partial charge is 1.00 e. The number of hydrogen-bond donors (Lipinski definition) is 0. The quantitative estimate of drug-likeness (QED) is 0.365. The van der Waals surface area contributed by atoms with E-state index in [0.29, 0.717) is 5.56 Å². The van der Waals surface area contributed by atoms with Gasteiger partial charge in [-0.3, -0.25) is 0 Å². The van der Waals surface area contributed by atoms with Crippen LogP contribution >= 0.6 is 0 Å². The zero-order chi connectivity index (χ0) is 7.40. The van der Waals surface area contributed by atoms with Crippen molar-refractivity contribution < 1.29 is 51.9 Å². The molecule has 0 saturated heterocycles. The van der Waals surface area contributed by atoms with Crippen LogP contribution in [0.2, 0.25) is 0 Å². The first-order chi connectivity index (χ1) is 4.79. The zero-order valence-electron chi connectivity index (χ0n) is 7.37. The van der Waals surface area contributed by atoms with Crippen LogP contribution in [0, 0.1) is 6.42 Å². The van der Waals surface area contributed by atoms with Gasteiger partial charge in [0.05, 0.1) is 0 Å². The molecule has 0 amide bonds. The fourth-order valence-corrected chi connectivity index (χ4v) is 0.685. The molecule has 0 aliphatic heterocycles. The fraction of sp³-hybridized carbons (Fsp3) is 0. The third kappa shape index (κ3) is 8.93. The average Bonchev–Trinajstić information content (AvgIpc) is 1.88. The van der Waals surface area contributed by atoms with Crippen molar-refractivity contribution >= 4 is 29.0 Å². The summed E-state index contributed by atoms with van der Waals surface area (Å²) in [4.78, 5) is 10.0. The number of hydrogen-bond acceptors (Lipinski definition) is 2. The van der Waals surface area contributed by atoms with Gasteiger partial charge in [-0.25, -0.2) is 0 Å². The molecule has 0 radical (unpaired) electrons. The predicted molar refractivity (Wildman–Crippen MR) is 40.6 cm³/mol. The van der Waals surface area contributed by atoms with Crippen molar-refractivity contribution in [3.63, 3.8) is 0 Å². The first-order valence-electron chi connectivity index (χ1n) is 2.90. The summed E-state index contributed by atoms with van der Waals surface area (Å²) in [5, 5.41) is 10.0. The molecule has 60 valence electrons. The molecule has 13 heavy (non-hydrogen) atoms. The SMILES string of the molecule is O=C([O-])[CH-]c1ccccc1.[Cl-].[Mg+2].[Na+]. The molecule has 2 nitrogen and oxygen atoms in total. The van der Waals surface area contributed by atoms with E-state index in [1.54, 1.807) is 24.3 Å². The van der Waals surface area contributed by atoms with Crippen molar-refractivity contribution in [3.8, 4) is 0 Å². The Morgan fingerprint density at radius 2 is 1.69 bits per heavy atom. The Morgan fingerprint density at radius 1 is 1.23 bits per heavy atom. The number of carboxylic acids is 1. The first-order valence-corrected chi connectivity index (χ1v) is 2.90. The molecule has 0 fully saturated rings. The van der Waals surface area contributed by atoms with Gasteiger partial charge in [-0.05, 0) is 0 Å². The summed E-state index contributed by atoms with van der Waals surface area (Å²) in [6.45, 7) is 0. The number of carbonyl (C=O) groups is 1. The van der Waals surface area contributed by atoms with Crippen LogP contribution < -0.4 is 47.1 Å². The Balaban J connectivity index is -0.000000333. The van der Waals surface area contributed by atoms with Crippen LogP contribution in [0.5, 0.6) is 0 Å². The van der Waals surface area contributed by atoms with Crippen LogP contribution in [0.4, 0.5) is 0 Å². The second-order valence-corrected chi connectivity index (χ2v) is 1.87. The second-order valence-electron chi connectivity index (χ2n) is 1.87. The number of rotatable bonds is 2. The van der Waals surface area contributed by atoms with Crippen LogP contribution in [0.3, 0.4) is 0 Å². The molecule has 0 atom stereocenters. The summed E-state index contributed by atoms with van der Waals surface area (Å²) in [7, 11) is 0. The largest absolute Gasteiger partial charge is 2.00 e. The first kappa shape index (κ1) is 19.2. The molecule has 0 heterocycles. The average molecular weight is 217 g/mol. The van der Waals surface area contributed by atoms with Gasteiger partial charge in [-0.2, -0.15) is 17.7 Å². The summed E-state index contributed by atoms with van der Waals surface area (Å²) >= 11 is 0. The van der Waals surface area contributed by atoms with E-state index in [1.807, 2.05) is 6.07 Å².